The molecule has 0 N–H and O–H groups in total. The summed E-state index contributed by atoms with van der Waals surface area (Å²) in [7, 11) is 0. The number of nitrogens with zero attached hydrogens (tertiary/aromatic N) is 1. The van der Waals surface area contributed by atoms with Gasteiger partial charge in [-0.05, 0) is 12.5 Å². The van der Waals surface area contributed by atoms with Crippen LogP contribution >= 0.6 is 0 Å². The molecule has 0 heterocycles. The van der Waals surface area contributed by atoms with Crippen molar-refractivity contribution in [1.82, 2.24) is 0 Å². The molecule has 4 heteroatoms. The Bertz CT molecular complexity index is 352. The Morgan fingerprint density at radius 2 is 2.00 bits per heavy atom. The first-order valence-electron chi connectivity index (χ1n) is 6.05. The van der Waals surface area contributed by atoms with Crippen molar-refractivity contribution < 1.29 is 9.66 Å². The summed E-state index contributed by atoms with van der Waals surface area (Å²) in [6, 6.07) is 6.71. The van der Waals surface area contributed by atoms with E-state index in [9.17, 15) is 10.1 Å². The van der Waals surface area contributed by atoms with Crippen molar-refractivity contribution in [3.05, 3.63) is 39.9 Å². The molecule has 0 atom stereocenters. The predicted molar refractivity (Wildman–Crippen MR) is 66.9 cm³/mol. The van der Waals surface area contributed by atoms with E-state index < -0.39 is 0 Å². The van der Waals surface area contributed by atoms with Crippen LogP contribution in [0.1, 0.15) is 38.2 Å². The van der Waals surface area contributed by atoms with E-state index in [4.69, 9.17) is 4.74 Å². The molecule has 1 aromatic rings. The summed E-state index contributed by atoms with van der Waals surface area (Å²) in [4.78, 5) is 10.4. The van der Waals surface area contributed by atoms with Gasteiger partial charge in [-0.15, -0.1) is 0 Å². The summed E-state index contributed by atoms with van der Waals surface area (Å²) < 4.78 is 5.45. The fraction of sp³-hybridized carbons (Fsp3) is 0.538. The Balaban J connectivity index is 2.34. The lowest BCUT2D eigenvalue weighted by Gasteiger charge is -2.04. The van der Waals surface area contributed by atoms with Gasteiger partial charge in [0.15, 0.2) is 0 Å². The SMILES string of the molecule is CCCCCCOCc1ccccc1[N+](=O)[O-]. The first-order valence-corrected chi connectivity index (χ1v) is 6.05. The molecule has 17 heavy (non-hydrogen) atoms. The zero-order chi connectivity index (χ0) is 12.5. The number of ether oxygens (including phenoxy) is 1. The van der Waals surface area contributed by atoms with Crippen LogP contribution in [0.25, 0.3) is 0 Å². The van der Waals surface area contributed by atoms with Crippen molar-refractivity contribution in [2.24, 2.45) is 0 Å². The molecule has 0 aromatic heterocycles. The van der Waals surface area contributed by atoms with Gasteiger partial charge in [-0.1, -0.05) is 38.3 Å². The molecular weight excluding hydrogens is 218 g/mol. The maximum Gasteiger partial charge on any atom is 0.274 e. The van der Waals surface area contributed by atoms with Crippen LogP contribution in [0.3, 0.4) is 0 Å². The van der Waals surface area contributed by atoms with E-state index in [1.54, 1.807) is 18.2 Å². The van der Waals surface area contributed by atoms with Crippen LogP contribution in [-0.2, 0) is 11.3 Å². The van der Waals surface area contributed by atoms with Gasteiger partial charge in [0.1, 0.15) is 0 Å². The van der Waals surface area contributed by atoms with Crippen LogP contribution in [-0.4, -0.2) is 11.5 Å². The van der Waals surface area contributed by atoms with Crippen molar-refractivity contribution in [2.75, 3.05) is 6.61 Å². The summed E-state index contributed by atoms with van der Waals surface area (Å²) in [6.07, 6.45) is 4.60. The average Bonchev–Trinajstić information content (AvgIpc) is 2.34. The van der Waals surface area contributed by atoms with E-state index >= 15 is 0 Å². The minimum Gasteiger partial charge on any atom is -0.377 e. The highest BCUT2D eigenvalue weighted by Crippen LogP contribution is 2.18. The molecule has 0 bridgehead atoms. The number of para-hydroxylation sites is 1. The molecule has 0 aliphatic carbocycles. The third-order valence-corrected chi connectivity index (χ3v) is 2.59. The molecule has 0 radical (unpaired) electrons. The lowest BCUT2D eigenvalue weighted by atomic mass is 10.2. The molecule has 4 nitrogen and oxygen atoms in total. The molecule has 0 aliphatic heterocycles. The van der Waals surface area contributed by atoms with E-state index in [0.717, 1.165) is 12.8 Å². The molecule has 94 valence electrons. The highest BCUT2D eigenvalue weighted by Gasteiger charge is 2.11. The first-order chi connectivity index (χ1) is 8.25. The average molecular weight is 237 g/mol. The van der Waals surface area contributed by atoms with Gasteiger partial charge in [0, 0.05) is 12.7 Å². The second-order valence-corrected chi connectivity index (χ2v) is 4.00. The van der Waals surface area contributed by atoms with Crippen LogP contribution in [0.15, 0.2) is 24.3 Å². The van der Waals surface area contributed by atoms with Gasteiger partial charge < -0.3 is 4.74 Å². The largest absolute Gasteiger partial charge is 0.377 e. The Labute approximate surface area is 102 Å². The van der Waals surface area contributed by atoms with Gasteiger partial charge >= 0.3 is 0 Å². The van der Waals surface area contributed by atoms with Gasteiger partial charge in [-0.25, -0.2) is 0 Å². The van der Waals surface area contributed by atoms with E-state index in [-0.39, 0.29) is 10.6 Å². The van der Waals surface area contributed by atoms with E-state index in [0.29, 0.717) is 18.8 Å². The maximum absolute atomic E-state index is 10.7. The van der Waals surface area contributed by atoms with Gasteiger partial charge in [0.2, 0.25) is 0 Å². The maximum atomic E-state index is 10.7. The van der Waals surface area contributed by atoms with Crippen LogP contribution in [0.5, 0.6) is 0 Å². The van der Waals surface area contributed by atoms with Crippen molar-refractivity contribution in [1.29, 1.82) is 0 Å². The summed E-state index contributed by atoms with van der Waals surface area (Å²) in [5.41, 5.74) is 0.786. The van der Waals surface area contributed by atoms with Crippen molar-refractivity contribution in [3.8, 4) is 0 Å². The normalized spacial score (nSPS) is 10.4. The lowest BCUT2D eigenvalue weighted by Crippen LogP contribution is -1.99. The highest BCUT2D eigenvalue weighted by molar-refractivity contribution is 5.39. The van der Waals surface area contributed by atoms with Gasteiger partial charge in [-0.2, -0.15) is 0 Å². The molecule has 0 fully saturated rings. The first kappa shape index (κ1) is 13.6. The molecule has 0 aliphatic rings. The Hall–Kier alpha value is -1.42. The number of benzene rings is 1. The number of rotatable bonds is 8. The molecule has 0 spiro atoms. The zero-order valence-electron chi connectivity index (χ0n) is 10.2. The summed E-state index contributed by atoms with van der Waals surface area (Å²) in [6.45, 7) is 3.16. The third kappa shape index (κ3) is 4.95. The number of hydrogen-bond acceptors (Lipinski definition) is 3. The Morgan fingerprint density at radius 1 is 1.24 bits per heavy atom. The number of nitro groups is 1. The number of unbranched alkanes of at least 4 members (excludes halogenated alkanes) is 3. The van der Waals surface area contributed by atoms with Crippen molar-refractivity contribution in [3.63, 3.8) is 0 Å². The van der Waals surface area contributed by atoms with Gasteiger partial charge in [0.05, 0.1) is 17.1 Å². The fourth-order valence-corrected chi connectivity index (χ4v) is 1.62. The number of hydrogen-bond donors (Lipinski definition) is 0. The summed E-state index contributed by atoms with van der Waals surface area (Å²) in [5, 5.41) is 10.7. The summed E-state index contributed by atoms with van der Waals surface area (Å²) >= 11 is 0. The monoisotopic (exact) mass is 237 g/mol. The van der Waals surface area contributed by atoms with E-state index in [1.165, 1.54) is 18.9 Å². The Morgan fingerprint density at radius 3 is 2.71 bits per heavy atom. The van der Waals surface area contributed by atoms with Crippen molar-refractivity contribution in [2.45, 2.75) is 39.2 Å². The molecule has 0 saturated heterocycles. The van der Waals surface area contributed by atoms with E-state index in [2.05, 4.69) is 6.92 Å². The van der Waals surface area contributed by atoms with Crippen LogP contribution in [0.4, 0.5) is 5.69 Å². The third-order valence-electron chi connectivity index (χ3n) is 2.59. The summed E-state index contributed by atoms with van der Waals surface area (Å²) in [5.74, 6) is 0. The fourth-order valence-electron chi connectivity index (χ4n) is 1.62. The molecule has 1 aromatic carbocycles. The second kappa shape index (κ2) is 7.79. The van der Waals surface area contributed by atoms with Crippen LogP contribution in [0, 0.1) is 10.1 Å². The number of nitro benzene ring substituents is 1. The topological polar surface area (TPSA) is 52.4 Å². The standard InChI is InChI=1S/C13H19NO3/c1-2-3-4-7-10-17-11-12-8-5-6-9-13(12)14(15)16/h5-6,8-9H,2-4,7,10-11H2,1H3. The lowest BCUT2D eigenvalue weighted by molar-refractivity contribution is -0.385. The predicted octanol–water partition coefficient (Wildman–Crippen LogP) is 3.69. The minimum absolute atomic E-state index is 0.140. The zero-order valence-corrected chi connectivity index (χ0v) is 10.2. The molecular formula is C13H19NO3. The van der Waals surface area contributed by atoms with Gasteiger partial charge in [-0.3, -0.25) is 10.1 Å². The van der Waals surface area contributed by atoms with E-state index in [1.807, 2.05) is 0 Å². The minimum atomic E-state index is -0.365. The smallest absolute Gasteiger partial charge is 0.274 e. The van der Waals surface area contributed by atoms with Crippen LogP contribution < -0.4 is 0 Å². The highest BCUT2D eigenvalue weighted by atomic mass is 16.6. The molecule has 0 saturated carbocycles. The molecule has 1 rings (SSSR count). The molecule has 0 amide bonds. The van der Waals surface area contributed by atoms with Crippen molar-refractivity contribution >= 4 is 5.69 Å². The second-order valence-electron chi connectivity index (χ2n) is 4.00. The van der Waals surface area contributed by atoms with Gasteiger partial charge in [0.25, 0.3) is 5.69 Å². The quantitative estimate of drug-likeness (QED) is 0.393. The Kier molecular flexibility index (Phi) is 6.25. The van der Waals surface area contributed by atoms with Crippen LogP contribution in [0.2, 0.25) is 0 Å². The molecule has 0 unspecified atom stereocenters.